The lowest BCUT2D eigenvalue weighted by molar-refractivity contribution is 0.0968. The third kappa shape index (κ3) is 2.98. The summed E-state index contributed by atoms with van der Waals surface area (Å²) in [6.07, 6.45) is 4.33. The number of amides is 1. The van der Waals surface area contributed by atoms with Crippen LogP contribution < -0.4 is 16.4 Å². The predicted octanol–water partition coefficient (Wildman–Crippen LogP) is 0.950. The fourth-order valence-corrected chi connectivity index (χ4v) is 2.93. The van der Waals surface area contributed by atoms with Crippen molar-refractivity contribution in [1.29, 1.82) is 5.26 Å². The second-order valence-corrected chi connectivity index (χ2v) is 5.39. The molecular formula is C13H16N6OS. The standard InChI is InChI=1S/C13H16N6OS/c1-16-12(20)11-10(15)8(7-14)13(21-11)18-4-3-9-17-5-6-19(9)2/h5-6,18H,3-4,15H2,1-2H3,(H,16,20). The van der Waals surface area contributed by atoms with Crippen LogP contribution in [0.2, 0.25) is 0 Å². The molecule has 110 valence electrons. The van der Waals surface area contributed by atoms with Crippen LogP contribution in [0.4, 0.5) is 10.7 Å². The van der Waals surface area contributed by atoms with Crippen molar-refractivity contribution in [2.75, 3.05) is 24.6 Å². The lowest BCUT2D eigenvalue weighted by Gasteiger charge is -2.04. The lowest BCUT2D eigenvalue weighted by Crippen LogP contribution is -2.17. The Balaban J connectivity index is 2.11. The molecule has 0 aliphatic rings. The van der Waals surface area contributed by atoms with Crippen LogP contribution in [-0.4, -0.2) is 29.1 Å². The molecule has 1 amide bonds. The summed E-state index contributed by atoms with van der Waals surface area (Å²) in [4.78, 5) is 16.3. The molecule has 0 aliphatic heterocycles. The molecule has 7 nitrogen and oxygen atoms in total. The van der Waals surface area contributed by atoms with Gasteiger partial charge in [0.15, 0.2) is 0 Å². The molecule has 2 aromatic heterocycles. The van der Waals surface area contributed by atoms with Crippen LogP contribution in [0.1, 0.15) is 21.1 Å². The number of hydrogen-bond donors (Lipinski definition) is 3. The van der Waals surface area contributed by atoms with E-state index in [1.807, 2.05) is 23.9 Å². The van der Waals surface area contributed by atoms with Gasteiger partial charge in [-0.1, -0.05) is 0 Å². The van der Waals surface area contributed by atoms with E-state index in [9.17, 15) is 10.1 Å². The number of imidazole rings is 1. The first-order chi connectivity index (χ1) is 10.1. The molecular weight excluding hydrogens is 288 g/mol. The van der Waals surface area contributed by atoms with Crippen molar-refractivity contribution >= 4 is 27.9 Å². The average molecular weight is 304 g/mol. The average Bonchev–Trinajstić information content (AvgIpc) is 3.02. The van der Waals surface area contributed by atoms with E-state index in [1.165, 1.54) is 18.4 Å². The molecule has 0 aliphatic carbocycles. The van der Waals surface area contributed by atoms with Crippen molar-refractivity contribution in [1.82, 2.24) is 14.9 Å². The van der Waals surface area contributed by atoms with Crippen LogP contribution >= 0.6 is 11.3 Å². The molecule has 0 unspecified atom stereocenters. The molecule has 2 heterocycles. The number of nitrogens with one attached hydrogen (secondary N) is 2. The quantitative estimate of drug-likeness (QED) is 0.762. The molecule has 2 aromatic rings. The number of aryl methyl sites for hydroxylation is 1. The van der Waals surface area contributed by atoms with Gasteiger partial charge in [0.1, 0.15) is 27.3 Å². The minimum absolute atomic E-state index is 0.223. The highest BCUT2D eigenvalue weighted by molar-refractivity contribution is 7.18. The zero-order valence-electron chi connectivity index (χ0n) is 11.8. The van der Waals surface area contributed by atoms with Crippen LogP contribution in [0.5, 0.6) is 0 Å². The summed E-state index contributed by atoms with van der Waals surface area (Å²) in [7, 11) is 3.46. The van der Waals surface area contributed by atoms with Gasteiger partial charge in [-0.2, -0.15) is 5.26 Å². The van der Waals surface area contributed by atoms with E-state index in [0.29, 0.717) is 28.4 Å². The summed E-state index contributed by atoms with van der Waals surface area (Å²) < 4.78 is 1.94. The number of hydrogen-bond acceptors (Lipinski definition) is 6. The summed E-state index contributed by atoms with van der Waals surface area (Å²) >= 11 is 1.19. The topological polar surface area (TPSA) is 109 Å². The predicted molar refractivity (Wildman–Crippen MR) is 82.2 cm³/mol. The fraction of sp³-hybridized carbons (Fsp3) is 0.308. The second-order valence-electron chi connectivity index (χ2n) is 4.37. The number of thiophene rings is 1. The third-order valence-electron chi connectivity index (χ3n) is 3.05. The maximum Gasteiger partial charge on any atom is 0.263 e. The van der Waals surface area contributed by atoms with Gasteiger partial charge in [0.25, 0.3) is 5.91 Å². The number of nitrogens with two attached hydrogens (primary N) is 1. The van der Waals surface area contributed by atoms with Gasteiger partial charge in [0.2, 0.25) is 0 Å². The number of nitriles is 1. The van der Waals surface area contributed by atoms with Crippen molar-refractivity contribution in [2.24, 2.45) is 7.05 Å². The number of carbonyl (C=O) groups is 1. The third-order valence-corrected chi connectivity index (χ3v) is 4.21. The zero-order valence-corrected chi connectivity index (χ0v) is 12.6. The molecule has 0 radical (unpaired) electrons. The fourth-order valence-electron chi connectivity index (χ4n) is 1.89. The Labute approximate surface area is 126 Å². The highest BCUT2D eigenvalue weighted by Crippen LogP contribution is 2.34. The second kappa shape index (κ2) is 6.28. The van der Waals surface area contributed by atoms with Crippen LogP contribution in [0.25, 0.3) is 0 Å². The van der Waals surface area contributed by atoms with E-state index in [4.69, 9.17) is 5.73 Å². The molecule has 0 spiro atoms. The maximum absolute atomic E-state index is 11.7. The first-order valence-electron chi connectivity index (χ1n) is 6.33. The Morgan fingerprint density at radius 3 is 2.95 bits per heavy atom. The van der Waals surface area contributed by atoms with Gasteiger partial charge in [-0.15, -0.1) is 11.3 Å². The molecule has 0 bridgehead atoms. The van der Waals surface area contributed by atoms with Gasteiger partial charge in [0.05, 0.1) is 5.69 Å². The largest absolute Gasteiger partial charge is 0.396 e. The van der Waals surface area contributed by atoms with E-state index < -0.39 is 0 Å². The molecule has 8 heteroatoms. The highest BCUT2D eigenvalue weighted by Gasteiger charge is 2.20. The van der Waals surface area contributed by atoms with E-state index in [0.717, 1.165) is 5.82 Å². The van der Waals surface area contributed by atoms with E-state index in [2.05, 4.69) is 15.6 Å². The van der Waals surface area contributed by atoms with Crippen LogP contribution in [0.3, 0.4) is 0 Å². The van der Waals surface area contributed by atoms with E-state index in [-0.39, 0.29) is 11.6 Å². The van der Waals surface area contributed by atoms with Crippen LogP contribution in [0.15, 0.2) is 12.4 Å². The smallest absolute Gasteiger partial charge is 0.263 e. The van der Waals surface area contributed by atoms with Crippen LogP contribution in [-0.2, 0) is 13.5 Å². The summed E-state index contributed by atoms with van der Waals surface area (Å²) in [5.41, 5.74) is 6.39. The summed E-state index contributed by atoms with van der Waals surface area (Å²) in [6, 6.07) is 2.04. The normalized spacial score (nSPS) is 10.1. The van der Waals surface area contributed by atoms with Gasteiger partial charge >= 0.3 is 0 Å². The lowest BCUT2D eigenvalue weighted by atomic mass is 10.2. The van der Waals surface area contributed by atoms with Crippen molar-refractivity contribution in [3.05, 3.63) is 28.7 Å². The summed E-state index contributed by atoms with van der Waals surface area (Å²) in [6.45, 7) is 0.604. The van der Waals surface area contributed by atoms with Crippen molar-refractivity contribution < 1.29 is 4.79 Å². The molecule has 0 atom stereocenters. The number of carbonyl (C=O) groups excluding carboxylic acids is 1. The number of anilines is 2. The van der Waals surface area contributed by atoms with E-state index in [1.54, 1.807) is 6.20 Å². The molecule has 4 N–H and O–H groups in total. The zero-order chi connectivity index (χ0) is 15.4. The highest BCUT2D eigenvalue weighted by atomic mass is 32.1. The number of rotatable bonds is 5. The molecule has 0 saturated heterocycles. The Morgan fingerprint density at radius 2 is 2.38 bits per heavy atom. The maximum atomic E-state index is 11.7. The SMILES string of the molecule is CNC(=O)c1sc(NCCc2nccn2C)c(C#N)c1N. The Hall–Kier alpha value is -2.53. The minimum atomic E-state index is -0.286. The molecule has 0 aromatic carbocycles. The Bertz CT molecular complexity index is 696. The molecule has 0 saturated carbocycles. The van der Waals surface area contributed by atoms with Gasteiger partial charge in [-0.3, -0.25) is 4.79 Å². The van der Waals surface area contributed by atoms with Gasteiger partial charge in [0, 0.05) is 39.5 Å². The van der Waals surface area contributed by atoms with Crippen LogP contribution in [0, 0.1) is 11.3 Å². The summed E-state index contributed by atoms with van der Waals surface area (Å²) in [5, 5.41) is 15.5. The van der Waals surface area contributed by atoms with Crippen molar-refractivity contribution in [3.8, 4) is 6.07 Å². The van der Waals surface area contributed by atoms with Gasteiger partial charge in [-0.05, 0) is 0 Å². The molecule has 2 rings (SSSR count). The van der Waals surface area contributed by atoms with E-state index >= 15 is 0 Å². The monoisotopic (exact) mass is 304 g/mol. The number of aromatic nitrogens is 2. The summed E-state index contributed by atoms with van der Waals surface area (Å²) in [5.74, 6) is 0.656. The molecule has 21 heavy (non-hydrogen) atoms. The Morgan fingerprint density at radius 1 is 1.62 bits per heavy atom. The number of nitrogen functional groups attached to an aromatic ring is 1. The first kappa shape index (κ1) is 14.9. The first-order valence-corrected chi connectivity index (χ1v) is 7.14. The minimum Gasteiger partial charge on any atom is -0.396 e. The Kier molecular flexibility index (Phi) is 4.45. The van der Waals surface area contributed by atoms with Crippen molar-refractivity contribution in [2.45, 2.75) is 6.42 Å². The molecule has 0 fully saturated rings. The van der Waals surface area contributed by atoms with Gasteiger partial charge in [-0.25, -0.2) is 4.98 Å². The van der Waals surface area contributed by atoms with Crippen molar-refractivity contribution in [3.63, 3.8) is 0 Å². The number of nitrogens with zero attached hydrogens (tertiary/aromatic N) is 3. The van der Waals surface area contributed by atoms with Gasteiger partial charge < -0.3 is 20.9 Å².